The molecule has 0 radical (unpaired) electrons. The molecular formula is C12H22N4O2S. The third-order valence-electron chi connectivity index (χ3n) is 2.29. The summed E-state index contributed by atoms with van der Waals surface area (Å²) in [7, 11) is 0. The first-order chi connectivity index (χ1) is 9.19. The lowest BCUT2D eigenvalue weighted by Gasteiger charge is -2.04. The number of ether oxygens (including phenoxy) is 1. The Labute approximate surface area is 117 Å². The lowest BCUT2D eigenvalue weighted by atomic mass is 10.4. The molecule has 1 aromatic heterocycles. The van der Waals surface area contributed by atoms with Crippen molar-refractivity contribution in [2.24, 2.45) is 0 Å². The molecule has 0 aliphatic rings. The highest BCUT2D eigenvalue weighted by atomic mass is 32.1. The quantitative estimate of drug-likeness (QED) is 0.601. The van der Waals surface area contributed by atoms with Crippen LogP contribution in [0.3, 0.4) is 0 Å². The number of anilines is 2. The number of nitrogens with zero attached hydrogens (tertiary/aromatic N) is 1. The molecule has 0 aromatic carbocycles. The van der Waals surface area contributed by atoms with E-state index in [1.165, 1.54) is 11.3 Å². The number of hydrogen-bond acceptors (Lipinski definition) is 6. The molecule has 0 saturated heterocycles. The largest absolute Gasteiger partial charge is 0.382 e. The molecule has 1 aromatic rings. The molecule has 6 nitrogen and oxygen atoms in total. The van der Waals surface area contributed by atoms with E-state index in [0.29, 0.717) is 23.2 Å². The van der Waals surface area contributed by atoms with Gasteiger partial charge in [0.15, 0.2) is 5.13 Å². The minimum atomic E-state index is -0.172. The predicted octanol–water partition coefficient (Wildman–Crippen LogP) is 1.70. The van der Waals surface area contributed by atoms with Crippen LogP contribution in [0.15, 0.2) is 0 Å². The van der Waals surface area contributed by atoms with Gasteiger partial charge in [0.05, 0.1) is 0 Å². The molecule has 0 saturated carbocycles. The summed E-state index contributed by atoms with van der Waals surface area (Å²) in [6.45, 7) is 6.79. The van der Waals surface area contributed by atoms with Crippen LogP contribution in [-0.4, -0.2) is 37.2 Å². The van der Waals surface area contributed by atoms with Crippen LogP contribution in [0.5, 0.6) is 0 Å². The Kier molecular flexibility index (Phi) is 7.20. The number of nitrogens with two attached hydrogens (primary N) is 1. The summed E-state index contributed by atoms with van der Waals surface area (Å²) in [5.41, 5.74) is 5.72. The summed E-state index contributed by atoms with van der Waals surface area (Å²) in [5.74, 6) is 0.107. The van der Waals surface area contributed by atoms with E-state index in [1.807, 2.05) is 6.92 Å². The molecule has 19 heavy (non-hydrogen) atoms. The fourth-order valence-electron chi connectivity index (χ4n) is 1.42. The van der Waals surface area contributed by atoms with Gasteiger partial charge in [0.25, 0.3) is 5.91 Å². The van der Waals surface area contributed by atoms with Crippen molar-refractivity contribution in [3.05, 3.63) is 4.88 Å². The molecule has 1 amide bonds. The minimum Gasteiger partial charge on any atom is -0.382 e. The summed E-state index contributed by atoms with van der Waals surface area (Å²) < 4.78 is 5.33. The van der Waals surface area contributed by atoms with Crippen molar-refractivity contribution in [3.63, 3.8) is 0 Å². The Bertz CT molecular complexity index is 395. The second kappa shape index (κ2) is 8.71. The van der Waals surface area contributed by atoms with Crippen LogP contribution in [0.4, 0.5) is 10.9 Å². The highest BCUT2D eigenvalue weighted by Gasteiger charge is 2.15. The molecule has 0 spiro atoms. The maximum Gasteiger partial charge on any atom is 0.265 e. The number of rotatable bonds is 9. The highest BCUT2D eigenvalue weighted by Crippen LogP contribution is 2.24. The number of thiazole rings is 1. The van der Waals surface area contributed by atoms with Gasteiger partial charge in [-0.05, 0) is 19.8 Å². The zero-order valence-electron chi connectivity index (χ0n) is 11.5. The number of aromatic nitrogens is 1. The summed E-state index contributed by atoms with van der Waals surface area (Å²) >= 11 is 1.27. The summed E-state index contributed by atoms with van der Waals surface area (Å²) in [5, 5.41) is 6.53. The van der Waals surface area contributed by atoms with Gasteiger partial charge in [-0.3, -0.25) is 4.79 Å². The molecule has 0 fully saturated rings. The molecule has 4 N–H and O–H groups in total. The van der Waals surface area contributed by atoms with E-state index in [1.54, 1.807) is 0 Å². The number of carbonyl (C=O) groups excluding carboxylic acids is 1. The molecule has 1 heterocycles. The van der Waals surface area contributed by atoms with E-state index >= 15 is 0 Å². The summed E-state index contributed by atoms with van der Waals surface area (Å²) in [6.07, 6.45) is 1.81. The number of hydrogen-bond donors (Lipinski definition) is 3. The lowest BCUT2D eigenvalue weighted by Crippen LogP contribution is -2.25. The van der Waals surface area contributed by atoms with E-state index in [4.69, 9.17) is 10.5 Å². The maximum atomic E-state index is 11.9. The van der Waals surface area contributed by atoms with Crippen LogP contribution in [0.25, 0.3) is 0 Å². The minimum absolute atomic E-state index is 0.172. The van der Waals surface area contributed by atoms with Crippen molar-refractivity contribution in [3.8, 4) is 0 Å². The topological polar surface area (TPSA) is 89.3 Å². The third-order valence-corrected chi connectivity index (χ3v) is 3.31. The van der Waals surface area contributed by atoms with Gasteiger partial charge in [-0.2, -0.15) is 0 Å². The summed E-state index contributed by atoms with van der Waals surface area (Å²) in [4.78, 5) is 16.4. The normalized spacial score (nSPS) is 10.4. The van der Waals surface area contributed by atoms with Crippen LogP contribution in [0.1, 0.15) is 36.4 Å². The average molecular weight is 286 g/mol. The van der Waals surface area contributed by atoms with Crippen molar-refractivity contribution < 1.29 is 9.53 Å². The van der Waals surface area contributed by atoms with Crippen molar-refractivity contribution in [1.29, 1.82) is 0 Å². The maximum absolute atomic E-state index is 11.9. The van der Waals surface area contributed by atoms with E-state index in [9.17, 15) is 4.79 Å². The molecule has 1 rings (SSSR count). The van der Waals surface area contributed by atoms with Gasteiger partial charge >= 0.3 is 0 Å². The van der Waals surface area contributed by atoms with Gasteiger partial charge in [-0.25, -0.2) is 4.98 Å². The van der Waals surface area contributed by atoms with Gasteiger partial charge in [0.2, 0.25) is 0 Å². The van der Waals surface area contributed by atoms with Crippen LogP contribution >= 0.6 is 11.3 Å². The Morgan fingerprint density at radius 1 is 1.42 bits per heavy atom. The van der Waals surface area contributed by atoms with Crippen LogP contribution in [0, 0.1) is 0 Å². The van der Waals surface area contributed by atoms with Gasteiger partial charge in [0.1, 0.15) is 10.7 Å². The first kappa shape index (κ1) is 15.7. The second-order valence-electron chi connectivity index (χ2n) is 3.99. The van der Waals surface area contributed by atoms with E-state index < -0.39 is 0 Å². The molecule has 0 aliphatic carbocycles. The summed E-state index contributed by atoms with van der Waals surface area (Å²) in [6, 6.07) is 0. The molecule has 0 aliphatic heterocycles. The lowest BCUT2D eigenvalue weighted by molar-refractivity contribution is 0.0946. The van der Waals surface area contributed by atoms with Crippen LogP contribution < -0.4 is 16.4 Å². The van der Waals surface area contributed by atoms with Gasteiger partial charge < -0.3 is 21.1 Å². The van der Waals surface area contributed by atoms with Gasteiger partial charge in [-0.1, -0.05) is 18.3 Å². The number of nitrogen functional groups attached to an aromatic ring is 1. The van der Waals surface area contributed by atoms with Gasteiger partial charge in [0, 0.05) is 26.3 Å². The average Bonchev–Trinajstić information content (AvgIpc) is 2.75. The standard InChI is InChI=1S/C12H22N4O2S/c1-3-7-18-8-5-6-15-11(17)9-10(13)16-12(19-9)14-4-2/h3-8,13H2,1-2H3,(H,14,16)(H,15,17). The predicted molar refractivity (Wildman–Crippen MR) is 78.8 cm³/mol. The molecule has 0 bridgehead atoms. The van der Waals surface area contributed by atoms with Crippen molar-refractivity contribution >= 4 is 28.2 Å². The Morgan fingerprint density at radius 2 is 2.21 bits per heavy atom. The van der Waals surface area contributed by atoms with E-state index in [0.717, 1.165) is 26.0 Å². The SMILES string of the molecule is CCCOCCCNC(=O)c1sc(NCC)nc1N. The number of amides is 1. The van der Waals surface area contributed by atoms with E-state index in [2.05, 4.69) is 22.5 Å². The van der Waals surface area contributed by atoms with Gasteiger partial charge in [-0.15, -0.1) is 0 Å². The zero-order chi connectivity index (χ0) is 14.1. The van der Waals surface area contributed by atoms with Crippen molar-refractivity contribution in [2.45, 2.75) is 26.7 Å². The fourth-order valence-corrected chi connectivity index (χ4v) is 2.29. The van der Waals surface area contributed by atoms with Crippen LogP contribution in [-0.2, 0) is 4.74 Å². The zero-order valence-corrected chi connectivity index (χ0v) is 12.3. The first-order valence-corrected chi connectivity index (χ1v) is 7.36. The third kappa shape index (κ3) is 5.44. The molecule has 7 heteroatoms. The molecule has 0 unspecified atom stereocenters. The first-order valence-electron chi connectivity index (χ1n) is 6.55. The molecular weight excluding hydrogens is 264 g/mol. The fraction of sp³-hybridized carbons (Fsp3) is 0.667. The Morgan fingerprint density at radius 3 is 2.89 bits per heavy atom. The smallest absolute Gasteiger partial charge is 0.265 e. The Hall–Kier alpha value is -1.34. The second-order valence-corrected chi connectivity index (χ2v) is 4.98. The van der Waals surface area contributed by atoms with Crippen molar-refractivity contribution in [1.82, 2.24) is 10.3 Å². The van der Waals surface area contributed by atoms with E-state index in [-0.39, 0.29) is 11.7 Å². The van der Waals surface area contributed by atoms with Crippen molar-refractivity contribution in [2.75, 3.05) is 37.4 Å². The molecule has 108 valence electrons. The van der Waals surface area contributed by atoms with Crippen LogP contribution in [0.2, 0.25) is 0 Å². The molecule has 0 atom stereocenters. The highest BCUT2D eigenvalue weighted by molar-refractivity contribution is 7.18. The number of nitrogens with one attached hydrogen (secondary N) is 2. The number of carbonyl (C=O) groups is 1. The Balaban J connectivity index is 2.32. The monoisotopic (exact) mass is 286 g/mol.